The van der Waals surface area contributed by atoms with Crippen LogP contribution in [-0.4, -0.2) is 25.3 Å². The third-order valence-corrected chi connectivity index (χ3v) is 3.78. The summed E-state index contributed by atoms with van der Waals surface area (Å²) in [5.41, 5.74) is 0.262. The smallest absolute Gasteiger partial charge is 0.0465 e. The summed E-state index contributed by atoms with van der Waals surface area (Å²) in [6.45, 7) is 11.9. The highest BCUT2D eigenvalue weighted by molar-refractivity contribution is 4.82. The predicted molar refractivity (Wildman–Crippen MR) is 74.3 cm³/mol. The lowest BCUT2D eigenvalue weighted by Crippen LogP contribution is -2.39. The summed E-state index contributed by atoms with van der Waals surface area (Å²) in [6, 6.07) is 0. The van der Waals surface area contributed by atoms with E-state index < -0.39 is 0 Å². The van der Waals surface area contributed by atoms with E-state index in [1.807, 2.05) is 0 Å². The molecule has 0 amide bonds. The Balaban J connectivity index is 2.19. The molecule has 102 valence electrons. The van der Waals surface area contributed by atoms with Crippen molar-refractivity contribution in [3.63, 3.8) is 0 Å². The van der Waals surface area contributed by atoms with Crippen LogP contribution in [0.25, 0.3) is 0 Å². The van der Waals surface area contributed by atoms with Crippen molar-refractivity contribution < 1.29 is 4.74 Å². The topological polar surface area (TPSA) is 21.3 Å². The molecule has 0 bridgehead atoms. The number of nitrogens with one attached hydrogen (secondary N) is 1. The Morgan fingerprint density at radius 3 is 2.53 bits per heavy atom. The Labute approximate surface area is 108 Å². The summed E-state index contributed by atoms with van der Waals surface area (Å²) in [7, 11) is 0. The monoisotopic (exact) mass is 241 g/mol. The van der Waals surface area contributed by atoms with Gasteiger partial charge in [-0.15, -0.1) is 0 Å². The first kappa shape index (κ1) is 15.0. The molecule has 0 aromatic rings. The zero-order chi connectivity index (χ0) is 12.7. The molecule has 0 aromatic carbocycles. The molecule has 0 radical (unpaired) electrons. The molecule has 1 aliphatic carbocycles. The van der Waals surface area contributed by atoms with E-state index in [0.717, 1.165) is 25.0 Å². The van der Waals surface area contributed by atoms with Crippen molar-refractivity contribution >= 4 is 0 Å². The van der Waals surface area contributed by atoms with Gasteiger partial charge in [0.05, 0.1) is 0 Å². The Hall–Kier alpha value is -0.0800. The van der Waals surface area contributed by atoms with Crippen LogP contribution in [-0.2, 0) is 4.74 Å². The van der Waals surface area contributed by atoms with Gasteiger partial charge in [0.25, 0.3) is 0 Å². The molecule has 0 saturated heterocycles. The lowest BCUT2D eigenvalue weighted by molar-refractivity contribution is 0.136. The molecule has 2 unspecified atom stereocenters. The maximum absolute atomic E-state index is 5.43. The molecular formula is C15H31NO. The lowest BCUT2D eigenvalue weighted by Gasteiger charge is -2.26. The third kappa shape index (κ3) is 6.42. The molecule has 17 heavy (non-hydrogen) atoms. The lowest BCUT2D eigenvalue weighted by atomic mass is 9.91. The van der Waals surface area contributed by atoms with Gasteiger partial charge in [0.2, 0.25) is 0 Å². The van der Waals surface area contributed by atoms with E-state index in [9.17, 15) is 0 Å². The SMILES string of the molecule is CCOCCCC1CCCC1CNC(C)(C)C. The summed E-state index contributed by atoms with van der Waals surface area (Å²) in [5, 5.41) is 3.66. The molecular weight excluding hydrogens is 210 g/mol. The van der Waals surface area contributed by atoms with Crippen LogP contribution in [0.2, 0.25) is 0 Å². The van der Waals surface area contributed by atoms with Crippen molar-refractivity contribution in [3.8, 4) is 0 Å². The van der Waals surface area contributed by atoms with Gasteiger partial charge in [-0.25, -0.2) is 0 Å². The van der Waals surface area contributed by atoms with Gasteiger partial charge in [-0.2, -0.15) is 0 Å². The highest BCUT2D eigenvalue weighted by Gasteiger charge is 2.27. The van der Waals surface area contributed by atoms with E-state index in [2.05, 4.69) is 33.0 Å². The molecule has 1 aliphatic rings. The second-order valence-electron chi connectivity index (χ2n) is 6.42. The molecule has 1 N–H and O–H groups in total. The molecule has 0 aromatic heterocycles. The predicted octanol–water partition coefficient (Wildman–Crippen LogP) is 3.61. The van der Waals surface area contributed by atoms with Crippen molar-refractivity contribution in [1.82, 2.24) is 5.32 Å². The maximum Gasteiger partial charge on any atom is 0.0465 e. The van der Waals surface area contributed by atoms with Crippen LogP contribution in [0.4, 0.5) is 0 Å². The molecule has 2 atom stereocenters. The Bertz CT molecular complexity index is 198. The van der Waals surface area contributed by atoms with E-state index in [1.54, 1.807) is 0 Å². The van der Waals surface area contributed by atoms with Crippen molar-refractivity contribution in [2.45, 2.75) is 65.3 Å². The van der Waals surface area contributed by atoms with Gasteiger partial charge in [0.1, 0.15) is 0 Å². The van der Waals surface area contributed by atoms with Gasteiger partial charge in [0.15, 0.2) is 0 Å². The van der Waals surface area contributed by atoms with Crippen LogP contribution >= 0.6 is 0 Å². The van der Waals surface area contributed by atoms with Crippen molar-refractivity contribution in [2.24, 2.45) is 11.8 Å². The minimum Gasteiger partial charge on any atom is -0.382 e. The molecule has 1 saturated carbocycles. The fourth-order valence-electron chi connectivity index (χ4n) is 2.79. The molecule has 2 nitrogen and oxygen atoms in total. The standard InChI is InChI=1S/C15H31NO/c1-5-17-11-7-10-13-8-6-9-14(13)12-16-15(2,3)4/h13-14,16H,5-12H2,1-4H3. The van der Waals surface area contributed by atoms with Crippen molar-refractivity contribution in [1.29, 1.82) is 0 Å². The largest absolute Gasteiger partial charge is 0.382 e. The highest BCUT2D eigenvalue weighted by atomic mass is 16.5. The van der Waals surface area contributed by atoms with Crippen LogP contribution < -0.4 is 5.32 Å². The second-order valence-corrected chi connectivity index (χ2v) is 6.42. The summed E-state index contributed by atoms with van der Waals surface area (Å²) in [6.07, 6.45) is 6.88. The Morgan fingerprint density at radius 2 is 1.88 bits per heavy atom. The van der Waals surface area contributed by atoms with Gasteiger partial charge in [-0.3, -0.25) is 0 Å². The van der Waals surface area contributed by atoms with E-state index in [0.29, 0.717) is 0 Å². The van der Waals surface area contributed by atoms with E-state index in [1.165, 1.54) is 38.6 Å². The molecule has 2 heteroatoms. The van der Waals surface area contributed by atoms with Crippen LogP contribution in [0.3, 0.4) is 0 Å². The summed E-state index contributed by atoms with van der Waals surface area (Å²) in [4.78, 5) is 0. The first-order chi connectivity index (χ1) is 8.03. The molecule has 1 fully saturated rings. The number of hydrogen-bond acceptors (Lipinski definition) is 2. The average molecular weight is 241 g/mol. The zero-order valence-corrected chi connectivity index (χ0v) is 12.2. The van der Waals surface area contributed by atoms with Gasteiger partial charge in [-0.1, -0.05) is 12.8 Å². The molecule has 1 rings (SSSR count). The van der Waals surface area contributed by atoms with Gasteiger partial charge < -0.3 is 10.1 Å². The molecule has 0 aliphatic heterocycles. The molecule has 0 spiro atoms. The summed E-state index contributed by atoms with van der Waals surface area (Å²) in [5.74, 6) is 1.83. The first-order valence-electron chi connectivity index (χ1n) is 7.35. The quantitative estimate of drug-likeness (QED) is 0.688. The minimum atomic E-state index is 0.262. The van der Waals surface area contributed by atoms with Gasteiger partial charge in [-0.05, 0) is 65.3 Å². The summed E-state index contributed by atoms with van der Waals surface area (Å²) < 4.78 is 5.43. The fourth-order valence-corrected chi connectivity index (χ4v) is 2.79. The fraction of sp³-hybridized carbons (Fsp3) is 1.00. The van der Waals surface area contributed by atoms with E-state index >= 15 is 0 Å². The van der Waals surface area contributed by atoms with Crippen molar-refractivity contribution in [3.05, 3.63) is 0 Å². The van der Waals surface area contributed by atoms with Crippen LogP contribution in [0.1, 0.15) is 59.8 Å². The average Bonchev–Trinajstić information content (AvgIpc) is 2.68. The normalized spacial score (nSPS) is 25.4. The Morgan fingerprint density at radius 1 is 1.18 bits per heavy atom. The number of rotatable bonds is 7. The first-order valence-corrected chi connectivity index (χ1v) is 7.35. The Kier molecular flexibility index (Phi) is 6.50. The van der Waals surface area contributed by atoms with Crippen LogP contribution in [0.15, 0.2) is 0 Å². The number of ether oxygens (including phenoxy) is 1. The van der Waals surface area contributed by atoms with Crippen molar-refractivity contribution in [2.75, 3.05) is 19.8 Å². The maximum atomic E-state index is 5.43. The summed E-state index contributed by atoms with van der Waals surface area (Å²) >= 11 is 0. The second kappa shape index (κ2) is 7.38. The zero-order valence-electron chi connectivity index (χ0n) is 12.2. The molecule has 0 heterocycles. The minimum absolute atomic E-state index is 0.262. The van der Waals surface area contributed by atoms with E-state index in [-0.39, 0.29) is 5.54 Å². The third-order valence-electron chi connectivity index (χ3n) is 3.78. The highest BCUT2D eigenvalue weighted by Crippen LogP contribution is 2.34. The van der Waals surface area contributed by atoms with Gasteiger partial charge in [0, 0.05) is 18.8 Å². The van der Waals surface area contributed by atoms with E-state index in [4.69, 9.17) is 4.74 Å². The van der Waals surface area contributed by atoms with Gasteiger partial charge >= 0.3 is 0 Å². The number of hydrogen-bond donors (Lipinski definition) is 1. The van der Waals surface area contributed by atoms with Crippen LogP contribution in [0, 0.1) is 11.8 Å². The van der Waals surface area contributed by atoms with Crippen LogP contribution in [0.5, 0.6) is 0 Å².